The van der Waals surface area contributed by atoms with Crippen molar-refractivity contribution in [2.45, 2.75) is 51.5 Å². The average Bonchev–Trinajstić information content (AvgIpc) is 3.17. The number of carbonyl (C=O) groups excluding carboxylic acids is 1. The molecular weight excluding hydrogens is 282 g/mol. The van der Waals surface area contributed by atoms with E-state index < -0.39 is 0 Å². The molecule has 0 N–H and O–H groups in total. The van der Waals surface area contributed by atoms with E-state index in [0.29, 0.717) is 12.2 Å². The van der Waals surface area contributed by atoms with E-state index in [9.17, 15) is 4.79 Å². The van der Waals surface area contributed by atoms with Gasteiger partial charge in [0.05, 0.1) is 17.7 Å². The van der Waals surface area contributed by atoms with Gasteiger partial charge in [-0.3, -0.25) is 14.1 Å². The number of fused-ring (bicyclic) bond motifs is 1. The van der Waals surface area contributed by atoms with Crippen molar-refractivity contribution in [3.8, 4) is 0 Å². The van der Waals surface area contributed by atoms with Gasteiger partial charge in [-0.1, -0.05) is 13.8 Å². The van der Waals surface area contributed by atoms with Gasteiger partial charge in [0.1, 0.15) is 0 Å². The molecule has 0 unspecified atom stereocenters. The first-order chi connectivity index (χ1) is 10.2. The molecule has 3 heterocycles. The van der Waals surface area contributed by atoms with Crippen LogP contribution in [0.1, 0.15) is 45.2 Å². The van der Waals surface area contributed by atoms with E-state index in [1.807, 2.05) is 22.2 Å². The zero-order chi connectivity index (χ0) is 14.9. The molecule has 0 radical (unpaired) electrons. The molecular formula is C16H23N3OS. The Hall–Kier alpha value is -1.20. The van der Waals surface area contributed by atoms with E-state index in [-0.39, 0.29) is 5.54 Å². The first kappa shape index (κ1) is 14.7. The van der Waals surface area contributed by atoms with E-state index in [4.69, 9.17) is 0 Å². The van der Waals surface area contributed by atoms with Crippen LogP contribution in [0.4, 0.5) is 0 Å². The van der Waals surface area contributed by atoms with Crippen LogP contribution < -0.4 is 0 Å². The molecule has 3 rings (SSSR count). The number of hydrogen-bond donors (Lipinski definition) is 0. The number of hydrogen-bond acceptors (Lipinski definition) is 4. The highest BCUT2D eigenvalue weighted by Gasteiger charge is 2.41. The summed E-state index contributed by atoms with van der Waals surface area (Å²) in [5.74, 6) is 0.333. The molecule has 0 saturated carbocycles. The fourth-order valence-electron chi connectivity index (χ4n) is 3.60. The summed E-state index contributed by atoms with van der Waals surface area (Å²) in [6, 6.07) is 0. The molecule has 1 fully saturated rings. The zero-order valence-electron chi connectivity index (χ0n) is 12.8. The van der Waals surface area contributed by atoms with Crippen molar-refractivity contribution in [3.63, 3.8) is 0 Å². The maximum atomic E-state index is 13.0. The third-order valence-corrected chi connectivity index (χ3v) is 5.66. The molecule has 0 aromatic carbocycles. The fraction of sp³-hybridized carbons (Fsp3) is 0.625. The molecule has 1 aliphatic rings. The third-order valence-electron chi connectivity index (χ3n) is 4.89. The van der Waals surface area contributed by atoms with Crippen molar-refractivity contribution in [3.05, 3.63) is 23.5 Å². The van der Waals surface area contributed by atoms with Crippen molar-refractivity contribution in [1.82, 2.24) is 14.3 Å². The van der Waals surface area contributed by atoms with Gasteiger partial charge in [-0.25, -0.2) is 4.98 Å². The van der Waals surface area contributed by atoms with E-state index in [2.05, 4.69) is 23.7 Å². The van der Waals surface area contributed by atoms with Crippen LogP contribution in [-0.2, 0) is 11.2 Å². The Morgan fingerprint density at radius 3 is 2.67 bits per heavy atom. The normalized spacial score (nSPS) is 16.9. The monoisotopic (exact) mass is 305 g/mol. The van der Waals surface area contributed by atoms with E-state index in [0.717, 1.165) is 36.6 Å². The fourth-order valence-corrected chi connectivity index (χ4v) is 4.32. The summed E-state index contributed by atoms with van der Waals surface area (Å²) < 4.78 is 2.00. The van der Waals surface area contributed by atoms with Crippen molar-refractivity contribution in [1.29, 1.82) is 0 Å². The maximum Gasteiger partial charge on any atom is 0.193 e. The van der Waals surface area contributed by atoms with Crippen molar-refractivity contribution >= 4 is 22.1 Å². The number of likely N-dealkylation sites (tertiary alicyclic amines) is 1. The van der Waals surface area contributed by atoms with Crippen LogP contribution in [0, 0.1) is 0 Å². The Labute approximate surface area is 129 Å². The molecule has 0 aliphatic carbocycles. The number of imidazole rings is 1. The standard InChI is InChI=1S/C16H23N3OS/c1-3-16(4-2,19-7-5-6-8-19)14(20)11-13-12-18-9-10-21-15(18)17-13/h9-10,12H,3-8,11H2,1-2H3. The molecule has 0 bridgehead atoms. The third kappa shape index (κ3) is 2.53. The zero-order valence-corrected chi connectivity index (χ0v) is 13.7. The van der Waals surface area contributed by atoms with Crippen LogP contribution in [0.15, 0.2) is 17.8 Å². The van der Waals surface area contributed by atoms with Gasteiger partial charge in [-0.15, -0.1) is 11.3 Å². The molecule has 1 saturated heterocycles. The second-order valence-corrected chi connectivity index (χ2v) is 6.73. The van der Waals surface area contributed by atoms with Gasteiger partial charge in [0, 0.05) is 17.8 Å². The molecule has 114 valence electrons. The van der Waals surface area contributed by atoms with Crippen molar-refractivity contribution < 1.29 is 4.79 Å². The minimum atomic E-state index is -0.284. The van der Waals surface area contributed by atoms with E-state index in [1.165, 1.54) is 12.8 Å². The second-order valence-electron chi connectivity index (χ2n) is 5.86. The minimum absolute atomic E-state index is 0.284. The lowest BCUT2D eigenvalue weighted by Gasteiger charge is -2.39. The molecule has 0 amide bonds. The topological polar surface area (TPSA) is 37.6 Å². The van der Waals surface area contributed by atoms with Gasteiger partial charge in [-0.05, 0) is 38.8 Å². The van der Waals surface area contributed by atoms with E-state index in [1.54, 1.807) is 11.3 Å². The van der Waals surface area contributed by atoms with Crippen LogP contribution in [0.2, 0.25) is 0 Å². The van der Waals surface area contributed by atoms with Gasteiger partial charge in [0.25, 0.3) is 0 Å². The van der Waals surface area contributed by atoms with Crippen LogP contribution in [-0.4, -0.2) is 38.7 Å². The van der Waals surface area contributed by atoms with Gasteiger partial charge < -0.3 is 0 Å². The lowest BCUT2D eigenvalue weighted by molar-refractivity contribution is -0.130. The highest BCUT2D eigenvalue weighted by molar-refractivity contribution is 7.15. The van der Waals surface area contributed by atoms with Crippen molar-refractivity contribution in [2.24, 2.45) is 0 Å². The second kappa shape index (κ2) is 5.89. The van der Waals surface area contributed by atoms with Crippen molar-refractivity contribution in [2.75, 3.05) is 13.1 Å². The first-order valence-corrected chi connectivity index (χ1v) is 8.77. The number of rotatable bonds is 6. The summed E-state index contributed by atoms with van der Waals surface area (Å²) in [7, 11) is 0. The predicted octanol–water partition coefficient (Wildman–Crippen LogP) is 3.16. The summed E-state index contributed by atoms with van der Waals surface area (Å²) in [5, 5.41) is 2.01. The van der Waals surface area contributed by atoms with Gasteiger partial charge in [0.15, 0.2) is 10.7 Å². The highest BCUT2D eigenvalue weighted by atomic mass is 32.1. The van der Waals surface area contributed by atoms with Gasteiger partial charge in [-0.2, -0.15) is 0 Å². The SMILES string of the molecule is CCC(CC)(C(=O)Cc1cn2ccsc2n1)N1CCCC1. The summed E-state index contributed by atoms with van der Waals surface area (Å²) >= 11 is 1.61. The summed E-state index contributed by atoms with van der Waals surface area (Å²) in [5.41, 5.74) is 0.616. The number of nitrogens with zero attached hydrogens (tertiary/aromatic N) is 3. The smallest absolute Gasteiger partial charge is 0.193 e. The molecule has 0 atom stereocenters. The van der Waals surface area contributed by atoms with Crippen LogP contribution >= 0.6 is 11.3 Å². The summed E-state index contributed by atoms with van der Waals surface area (Å²) in [6.45, 7) is 6.41. The van der Waals surface area contributed by atoms with Gasteiger partial charge in [0.2, 0.25) is 0 Å². The highest BCUT2D eigenvalue weighted by Crippen LogP contribution is 2.30. The maximum absolute atomic E-state index is 13.0. The molecule has 1 aliphatic heterocycles. The molecule has 21 heavy (non-hydrogen) atoms. The number of carbonyl (C=O) groups is 1. The molecule has 2 aromatic rings. The predicted molar refractivity (Wildman–Crippen MR) is 85.9 cm³/mol. The molecule has 0 spiro atoms. The quantitative estimate of drug-likeness (QED) is 0.822. The lowest BCUT2D eigenvalue weighted by Crippen LogP contribution is -2.53. The Morgan fingerprint density at radius 2 is 2.05 bits per heavy atom. The Balaban J connectivity index is 1.81. The number of ketones is 1. The largest absolute Gasteiger partial charge is 0.297 e. The number of aromatic nitrogens is 2. The Bertz CT molecular complexity index is 592. The summed E-state index contributed by atoms with van der Waals surface area (Å²) in [4.78, 5) is 20.9. The minimum Gasteiger partial charge on any atom is -0.297 e. The average molecular weight is 305 g/mol. The lowest BCUT2D eigenvalue weighted by atomic mass is 9.84. The molecule has 5 heteroatoms. The van der Waals surface area contributed by atoms with E-state index >= 15 is 0 Å². The van der Waals surface area contributed by atoms with Crippen LogP contribution in [0.25, 0.3) is 4.96 Å². The Kier molecular flexibility index (Phi) is 4.13. The number of Topliss-reactive ketones (excluding diaryl/α,β-unsaturated/α-hetero) is 1. The Morgan fingerprint density at radius 1 is 1.33 bits per heavy atom. The first-order valence-electron chi connectivity index (χ1n) is 7.89. The van der Waals surface area contributed by atoms with Gasteiger partial charge >= 0.3 is 0 Å². The van der Waals surface area contributed by atoms with Crippen LogP contribution in [0.3, 0.4) is 0 Å². The summed E-state index contributed by atoms with van der Waals surface area (Å²) in [6.07, 6.45) is 8.66. The molecule has 2 aromatic heterocycles. The molecule has 4 nitrogen and oxygen atoms in total. The van der Waals surface area contributed by atoms with Crippen LogP contribution in [0.5, 0.6) is 0 Å². The number of thiazole rings is 1.